The van der Waals surface area contributed by atoms with Gasteiger partial charge in [0.05, 0.1) is 5.56 Å². The number of amides is 2. The molecule has 1 aliphatic heterocycles. The number of nitrogens with one attached hydrogen (secondary N) is 2. The average molecular weight is 418 g/mol. The molecule has 5 nitrogen and oxygen atoms in total. The highest BCUT2D eigenvalue weighted by Crippen LogP contribution is 2.44. The van der Waals surface area contributed by atoms with E-state index in [9.17, 15) is 9.59 Å². The monoisotopic (exact) mass is 417 g/mol. The third-order valence-electron chi connectivity index (χ3n) is 4.65. The minimum atomic E-state index is -0.531. The van der Waals surface area contributed by atoms with Crippen molar-refractivity contribution >= 4 is 45.8 Å². The molecule has 3 rings (SSSR count). The molecule has 0 fully saturated rings. The van der Waals surface area contributed by atoms with Gasteiger partial charge in [-0.2, -0.15) is 0 Å². The van der Waals surface area contributed by atoms with Gasteiger partial charge < -0.3 is 16.4 Å². The summed E-state index contributed by atoms with van der Waals surface area (Å²) in [6.45, 7) is 8.31. The number of carbonyl (C=O) groups excluding carboxylic acids is 2. The number of benzene rings is 1. The van der Waals surface area contributed by atoms with Gasteiger partial charge in [0.1, 0.15) is 5.00 Å². The first-order valence-electron chi connectivity index (χ1n) is 8.99. The van der Waals surface area contributed by atoms with E-state index < -0.39 is 5.91 Å². The zero-order chi connectivity index (χ0) is 20.7. The summed E-state index contributed by atoms with van der Waals surface area (Å²) in [5, 5.41) is 7.46. The number of hydrogen-bond donors (Lipinski definition) is 3. The number of nitrogens with two attached hydrogens (primary N) is 1. The van der Waals surface area contributed by atoms with Crippen molar-refractivity contribution < 1.29 is 9.59 Å². The first-order valence-corrected chi connectivity index (χ1v) is 10.2. The summed E-state index contributed by atoms with van der Waals surface area (Å²) in [5.41, 5.74) is 7.22. The molecule has 0 saturated carbocycles. The summed E-state index contributed by atoms with van der Waals surface area (Å²) in [7, 11) is 0. The molecular formula is C21H24ClN3O2S. The highest BCUT2D eigenvalue weighted by atomic mass is 35.5. The second-order valence-electron chi connectivity index (χ2n) is 8.13. The van der Waals surface area contributed by atoms with Crippen LogP contribution in [-0.4, -0.2) is 17.4 Å². The topological polar surface area (TPSA) is 84.2 Å². The highest BCUT2D eigenvalue weighted by Gasteiger charge is 2.41. The molecule has 0 radical (unpaired) electrons. The second-order valence-corrected chi connectivity index (χ2v) is 9.56. The minimum Gasteiger partial charge on any atom is -0.365 e. The van der Waals surface area contributed by atoms with Crippen LogP contribution in [0, 0.1) is 0 Å². The van der Waals surface area contributed by atoms with Crippen LogP contribution in [0.15, 0.2) is 30.3 Å². The number of primary amides is 1. The maximum atomic E-state index is 12.5. The molecule has 0 saturated heterocycles. The summed E-state index contributed by atoms with van der Waals surface area (Å²) < 4.78 is 0. The lowest BCUT2D eigenvalue weighted by Crippen LogP contribution is -2.55. The maximum Gasteiger partial charge on any atom is 0.251 e. The maximum absolute atomic E-state index is 12.5. The SMILES string of the molecule is CC1(C)Cc2c(sc(NC(=O)/C=C/c3ccccc3Cl)c2C(N)=O)C(C)(C)N1. The third kappa shape index (κ3) is 4.14. The Morgan fingerprint density at radius 2 is 1.93 bits per heavy atom. The van der Waals surface area contributed by atoms with Crippen LogP contribution in [0.25, 0.3) is 6.08 Å². The number of thiophene rings is 1. The van der Waals surface area contributed by atoms with Crippen molar-refractivity contribution in [1.29, 1.82) is 0 Å². The molecule has 1 aromatic carbocycles. The van der Waals surface area contributed by atoms with Crippen molar-refractivity contribution in [2.75, 3.05) is 5.32 Å². The van der Waals surface area contributed by atoms with Crippen LogP contribution in [0.2, 0.25) is 5.02 Å². The van der Waals surface area contributed by atoms with Gasteiger partial charge in [0.15, 0.2) is 0 Å². The molecule has 148 valence electrons. The van der Waals surface area contributed by atoms with Gasteiger partial charge in [-0.25, -0.2) is 0 Å². The predicted octanol–water partition coefficient (Wildman–Crippen LogP) is 4.31. The summed E-state index contributed by atoms with van der Waals surface area (Å²) in [5.74, 6) is -0.873. The van der Waals surface area contributed by atoms with E-state index in [1.807, 2.05) is 18.2 Å². The number of rotatable bonds is 4. The van der Waals surface area contributed by atoms with E-state index in [-0.39, 0.29) is 17.0 Å². The van der Waals surface area contributed by atoms with Gasteiger partial charge in [-0.3, -0.25) is 9.59 Å². The Balaban J connectivity index is 1.93. The Bertz CT molecular complexity index is 976. The fourth-order valence-electron chi connectivity index (χ4n) is 3.81. The fraction of sp³-hybridized carbons (Fsp3) is 0.333. The van der Waals surface area contributed by atoms with E-state index in [4.69, 9.17) is 17.3 Å². The van der Waals surface area contributed by atoms with Gasteiger partial charge in [0, 0.05) is 27.1 Å². The highest BCUT2D eigenvalue weighted by molar-refractivity contribution is 7.17. The average Bonchev–Trinajstić information content (AvgIpc) is 2.91. The van der Waals surface area contributed by atoms with Crippen LogP contribution in [0.5, 0.6) is 0 Å². The van der Waals surface area contributed by atoms with Crippen molar-refractivity contribution in [3.05, 3.63) is 56.9 Å². The molecule has 2 amide bonds. The number of halogens is 1. The van der Waals surface area contributed by atoms with Crippen LogP contribution in [0.1, 0.15) is 54.1 Å². The van der Waals surface area contributed by atoms with Gasteiger partial charge in [-0.05, 0) is 57.4 Å². The van der Waals surface area contributed by atoms with Crippen molar-refractivity contribution in [3.8, 4) is 0 Å². The smallest absolute Gasteiger partial charge is 0.251 e. The van der Waals surface area contributed by atoms with Gasteiger partial charge in [-0.15, -0.1) is 11.3 Å². The number of fused-ring (bicyclic) bond motifs is 1. The lowest BCUT2D eigenvalue weighted by Gasteiger charge is -2.42. The molecule has 4 N–H and O–H groups in total. The molecule has 1 aromatic heterocycles. The standard InChI is InChI=1S/C21H24ClN3O2S/c1-20(2)11-13-16(18(23)27)19(28-17(13)21(3,4)25-20)24-15(26)10-9-12-7-5-6-8-14(12)22/h5-10,25H,11H2,1-4H3,(H2,23,27)(H,24,26)/b10-9+. The van der Waals surface area contributed by atoms with Gasteiger partial charge >= 0.3 is 0 Å². The Labute approximate surface area is 174 Å². The van der Waals surface area contributed by atoms with E-state index in [1.165, 1.54) is 17.4 Å². The van der Waals surface area contributed by atoms with E-state index in [0.717, 1.165) is 16.0 Å². The Kier molecular flexibility index (Phi) is 5.40. The molecule has 0 bridgehead atoms. The van der Waals surface area contributed by atoms with Gasteiger partial charge in [-0.1, -0.05) is 29.8 Å². The molecule has 1 aliphatic rings. The van der Waals surface area contributed by atoms with Crippen molar-refractivity contribution in [3.63, 3.8) is 0 Å². The predicted molar refractivity (Wildman–Crippen MR) is 116 cm³/mol. The molecular weight excluding hydrogens is 394 g/mol. The van der Waals surface area contributed by atoms with Crippen molar-refractivity contribution in [2.24, 2.45) is 5.73 Å². The molecule has 0 atom stereocenters. The van der Waals surface area contributed by atoms with Crippen LogP contribution in [0.3, 0.4) is 0 Å². The van der Waals surface area contributed by atoms with Crippen LogP contribution < -0.4 is 16.4 Å². The zero-order valence-electron chi connectivity index (χ0n) is 16.4. The number of anilines is 1. The van der Waals surface area contributed by atoms with Gasteiger partial charge in [0.25, 0.3) is 5.91 Å². The zero-order valence-corrected chi connectivity index (χ0v) is 17.9. The largest absolute Gasteiger partial charge is 0.365 e. The quantitative estimate of drug-likeness (QED) is 0.648. The summed E-state index contributed by atoms with van der Waals surface area (Å²) in [4.78, 5) is 25.7. The van der Waals surface area contributed by atoms with E-state index in [0.29, 0.717) is 22.0 Å². The molecule has 0 aliphatic carbocycles. The number of carbonyl (C=O) groups is 2. The van der Waals surface area contributed by atoms with Crippen molar-refractivity contribution in [2.45, 2.75) is 45.2 Å². The normalized spacial score (nSPS) is 17.3. The van der Waals surface area contributed by atoms with Crippen LogP contribution in [-0.2, 0) is 16.8 Å². The lowest BCUT2D eigenvalue weighted by atomic mass is 9.81. The first kappa shape index (κ1) is 20.6. The minimum absolute atomic E-state index is 0.187. The molecule has 2 aromatic rings. The Hall–Kier alpha value is -2.15. The van der Waals surface area contributed by atoms with E-state index >= 15 is 0 Å². The fourth-order valence-corrected chi connectivity index (χ4v) is 5.29. The van der Waals surface area contributed by atoms with E-state index in [2.05, 4.69) is 38.3 Å². The molecule has 2 heterocycles. The Morgan fingerprint density at radius 1 is 1.25 bits per heavy atom. The van der Waals surface area contributed by atoms with Crippen LogP contribution >= 0.6 is 22.9 Å². The summed E-state index contributed by atoms with van der Waals surface area (Å²) in [6.07, 6.45) is 3.70. The summed E-state index contributed by atoms with van der Waals surface area (Å²) in [6, 6.07) is 7.25. The van der Waals surface area contributed by atoms with E-state index in [1.54, 1.807) is 12.1 Å². The molecule has 7 heteroatoms. The Morgan fingerprint density at radius 3 is 2.57 bits per heavy atom. The third-order valence-corrected chi connectivity index (χ3v) is 6.46. The second kappa shape index (κ2) is 7.35. The van der Waals surface area contributed by atoms with Crippen LogP contribution in [0.4, 0.5) is 5.00 Å². The number of hydrogen-bond acceptors (Lipinski definition) is 4. The van der Waals surface area contributed by atoms with Gasteiger partial charge in [0.2, 0.25) is 5.91 Å². The lowest BCUT2D eigenvalue weighted by molar-refractivity contribution is -0.111. The first-order chi connectivity index (χ1) is 13.0. The molecule has 0 unspecified atom stereocenters. The molecule has 0 spiro atoms. The molecule has 28 heavy (non-hydrogen) atoms. The summed E-state index contributed by atoms with van der Waals surface area (Å²) >= 11 is 7.51. The van der Waals surface area contributed by atoms with Crippen molar-refractivity contribution in [1.82, 2.24) is 5.32 Å².